The zero-order chi connectivity index (χ0) is 13.0. The van der Waals surface area contributed by atoms with Gasteiger partial charge in [0, 0.05) is 12.6 Å². The quantitative estimate of drug-likeness (QED) is 0.804. The van der Waals surface area contributed by atoms with Gasteiger partial charge >= 0.3 is 0 Å². The Kier molecular flexibility index (Phi) is 5.08. The van der Waals surface area contributed by atoms with Crippen LogP contribution in [0.3, 0.4) is 0 Å². The van der Waals surface area contributed by atoms with Gasteiger partial charge in [-0.05, 0) is 37.5 Å². The zero-order valence-corrected chi connectivity index (χ0v) is 12.3. The van der Waals surface area contributed by atoms with Gasteiger partial charge in [-0.25, -0.2) is 0 Å². The molecule has 0 saturated heterocycles. The van der Waals surface area contributed by atoms with E-state index < -0.39 is 5.60 Å². The lowest BCUT2D eigenvalue weighted by Crippen LogP contribution is -2.49. The van der Waals surface area contributed by atoms with Gasteiger partial charge in [-0.2, -0.15) is 0 Å². The molecule has 2 atom stereocenters. The van der Waals surface area contributed by atoms with Crippen molar-refractivity contribution in [2.75, 3.05) is 6.54 Å². The Morgan fingerprint density at radius 2 is 1.72 bits per heavy atom. The molecule has 0 spiro atoms. The molecule has 2 saturated carbocycles. The highest BCUT2D eigenvalue weighted by Crippen LogP contribution is 2.32. The van der Waals surface area contributed by atoms with Crippen LogP contribution in [0.15, 0.2) is 0 Å². The minimum atomic E-state index is -0.406. The van der Waals surface area contributed by atoms with Gasteiger partial charge in [-0.1, -0.05) is 46.0 Å². The number of hydrogen-bond acceptors (Lipinski definition) is 2. The van der Waals surface area contributed by atoms with Crippen LogP contribution in [0.5, 0.6) is 0 Å². The normalized spacial score (nSPS) is 32.7. The van der Waals surface area contributed by atoms with Crippen LogP contribution in [-0.2, 0) is 0 Å². The van der Waals surface area contributed by atoms with Crippen molar-refractivity contribution in [3.63, 3.8) is 0 Å². The van der Waals surface area contributed by atoms with Gasteiger partial charge in [0.15, 0.2) is 0 Å². The topological polar surface area (TPSA) is 32.3 Å². The molecule has 2 N–H and O–H groups in total. The maximum Gasteiger partial charge on any atom is 0.0771 e. The van der Waals surface area contributed by atoms with E-state index in [1.165, 1.54) is 44.9 Å². The lowest BCUT2D eigenvalue weighted by molar-refractivity contribution is -0.00144. The summed E-state index contributed by atoms with van der Waals surface area (Å²) in [5.74, 6) is 1.58. The van der Waals surface area contributed by atoms with Crippen LogP contribution >= 0.6 is 0 Å². The molecular formula is C16H31NO. The summed E-state index contributed by atoms with van der Waals surface area (Å²) in [4.78, 5) is 0. The summed E-state index contributed by atoms with van der Waals surface area (Å²) in [5.41, 5.74) is -0.406. The molecule has 2 aliphatic rings. The lowest BCUT2D eigenvalue weighted by Gasteiger charge is -2.39. The molecule has 0 heterocycles. The predicted molar refractivity (Wildman–Crippen MR) is 76.6 cm³/mol. The van der Waals surface area contributed by atoms with E-state index in [1.807, 2.05) is 0 Å². The van der Waals surface area contributed by atoms with Crippen LogP contribution < -0.4 is 5.32 Å². The standard InChI is InChI=1S/C16H31NO/c1-13(2)14-8-4-5-9-15(14)17-12-16(18)10-6-3-7-11-16/h13-15,17-18H,3-12H2,1-2H3. The van der Waals surface area contributed by atoms with Gasteiger partial charge in [-0.3, -0.25) is 0 Å². The molecule has 2 rings (SSSR count). The van der Waals surface area contributed by atoms with Crippen LogP contribution in [0.2, 0.25) is 0 Å². The van der Waals surface area contributed by atoms with Crippen molar-refractivity contribution in [3.8, 4) is 0 Å². The monoisotopic (exact) mass is 253 g/mol. The molecule has 0 bridgehead atoms. The Labute approximate surface area is 113 Å². The zero-order valence-electron chi connectivity index (χ0n) is 12.3. The van der Waals surface area contributed by atoms with E-state index in [0.717, 1.165) is 31.2 Å². The fourth-order valence-corrected chi connectivity index (χ4v) is 3.92. The summed E-state index contributed by atoms with van der Waals surface area (Å²) in [6.45, 7) is 5.51. The van der Waals surface area contributed by atoms with Crippen molar-refractivity contribution in [1.82, 2.24) is 5.32 Å². The highest BCUT2D eigenvalue weighted by Gasteiger charge is 2.32. The van der Waals surface area contributed by atoms with E-state index in [1.54, 1.807) is 0 Å². The van der Waals surface area contributed by atoms with Crippen molar-refractivity contribution < 1.29 is 5.11 Å². The second-order valence-corrected chi connectivity index (χ2v) is 6.96. The van der Waals surface area contributed by atoms with E-state index >= 15 is 0 Å². The van der Waals surface area contributed by atoms with E-state index in [4.69, 9.17) is 0 Å². The SMILES string of the molecule is CC(C)C1CCCCC1NCC1(O)CCCCC1. The van der Waals surface area contributed by atoms with E-state index in [0.29, 0.717) is 6.04 Å². The fourth-order valence-electron chi connectivity index (χ4n) is 3.92. The maximum atomic E-state index is 10.6. The van der Waals surface area contributed by atoms with Crippen LogP contribution in [0.1, 0.15) is 71.6 Å². The number of rotatable bonds is 4. The third-order valence-electron chi connectivity index (χ3n) is 5.15. The molecule has 2 heteroatoms. The third kappa shape index (κ3) is 3.71. The summed E-state index contributed by atoms with van der Waals surface area (Å²) in [6.07, 6.45) is 11.1. The van der Waals surface area contributed by atoms with Crippen LogP contribution in [0.25, 0.3) is 0 Å². The molecule has 0 aliphatic heterocycles. The summed E-state index contributed by atoms with van der Waals surface area (Å²) in [5, 5.41) is 14.3. The highest BCUT2D eigenvalue weighted by molar-refractivity contribution is 4.89. The second kappa shape index (κ2) is 6.38. The minimum absolute atomic E-state index is 0.406. The Morgan fingerprint density at radius 3 is 2.39 bits per heavy atom. The molecule has 0 radical (unpaired) electrons. The fraction of sp³-hybridized carbons (Fsp3) is 1.00. The highest BCUT2D eigenvalue weighted by atomic mass is 16.3. The third-order valence-corrected chi connectivity index (χ3v) is 5.15. The molecule has 2 aliphatic carbocycles. The predicted octanol–water partition coefficient (Wildman–Crippen LogP) is 3.49. The molecule has 0 aromatic rings. The van der Waals surface area contributed by atoms with E-state index in [2.05, 4.69) is 19.2 Å². The summed E-state index contributed by atoms with van der Waals surface area (Å²) in [6, 6.07) is 0.643. The van der Waals surface area contributed by atoms with Crippen molar-refractivity contribution >= 4 is 0 Å². The molecule has 2 unspecified atom stereocenters. The number of nitrogens with one attached hydrogen (secondary N) is 1. The minimum Gasteiger partial charge on any atom is -0.389 e. The summed E-state index contributed by atoms with van der Waals surface area (Å²) in [7, 11) is 0. The van der Waals surface area contributed by atoms with E-state index in [9.17, 15) is 5.11 Å². The van der Waals surface area contributed by atoms with Crippen molar-refractivity contribution in [3.05, 3.63) is 0 Å². The first-order chi connectivity index (χ1) is 8.61. The first-order valence-electron chi connectivity index (χ1n) is 8.06. The van der Waals surface area contributed by atoms with Crippen LogP contribution in [0, 0.1) is 11.8 Å². The molecule has 0 aromatic carbocycles. The van der Waals surface area contributed by atoms with Gasteiger partial charge in [0.25, 0.3) is 0 Å². The maximum absolute atomic E-state index is 10.6. The Morgan fingerprint density at radius 1 is 1.06 bits per heavy atom. The smallest absolute Gasteiger partial charge is 0.0771 e. The van der Waals surface area contributed by atoms with E-state index in [-0.39, 0.29) is 0 Å². The van der Waals surface area contributed by atoms with Crippen LogP contribution in [0.4, 0.5) is 0 Å². The average Bonchev–Trinajstić information content (AvgIpc) is 2.38. The lowest BCUT2D eigenvalue weighted by atomic mass is 9.77. The summed E-state index contributed by atoms with van der Waals surface area (Å²) >= 11 is 0. The Balaban J connectivity index is 1.83. The van der Waals surface area contributed by atoms with Crippen molar-refractivity contribution in [2.24, 2.45) is 11.8 Å². The summed E-state index contributed by atoms with van der Waals surface area (Å²) < 4.78 is 0. The molecule has 2 nitrogen and oxygen atoms in total. The molecule has 0 aromatic heterocycles. The molecular weight excluding hydrogens is 222 g/mol. The van der Waals surface area contributed by atoms with Gasteiger partial charge < -0.3 is 10.4 Å². The van der Waals surface area contributed by atoms with Crippen molar-refractivity contribution in [2.45, 2.75) is 83.3 Å². The molecule has 0 amide bonds. The van der Waals surface area contributed by atoms with Gasteiger partial charge in [0.05, 0.1) is 5.60 Å². The Bertz CT molecular complexity index is 245. The van der Waals surface area contributed by atoms with Gasteiger partial charge in [0.1, 0.15) is 0 Å². The number of aliphatic hydroxyl groups is 1. The molecule has 106 valence electrons. The average molecular weight is 253 g/mol. The Hall–Kier alpha value is -0.0800. The van der Waals surface area contributed by atoms with Gasteiger partial charge in [0.2, 0.25) is 0 Å². The molecule has 18 heavy (non-hydrogen) atoms. The van der Waals surface area contributed by atoms with Gasteiger partial charge in [-0.15, -0.1) is 0 Å². The first kappa shape index (κ1) is 14.3. The van der Waals surface area contributed by atoms with Crippen molar-refractivity contribution in [1.29, 1.82) is 0 Å². The van der Waals surface area contributed by atoms with Crippen LogP contribution in [-0.4, -0.2) is 23.3 Å². The molecule has 2 fully saturated rings. The second-order valence-electron chi connectivity index (χ2n) is 6.96. The number of hydrogen-bond donors (Lipinski definition) is 2. The largest absolute Gasteiger partial charge is 0.389 e. The first-order valence-corrected chi connectivity index (χ1v) is 8.06.